The molecule has 2 rings (SSSR count). The van der Waals surface area contributed by atoms with Gasteiger partial charge in [0.15, 0.2) is 0 Å². The molecule has 1 aromatic heterocycles. The van der Waals surface area contributed by atoms with Crippen LogP contribution in [-0.4, -0.2) is 55.8 Å². The van der Waals surface area contributed by atoms with E-state index in [0.717, 1.165) is 17.1 Å². The second-order valence-electron chi connectivity index (χ2n) is 11.7. The molecule has 0 saturated carbocycles. The molecule has 7 nitrogen and oxygen atoms in total. The first kappa shape index (κ1) is 29.9. The highest BCUT2D eigenvalue weighted by Gasteiger charge is 2.42. The van der Waals surface area contributed by atoms with E-state index < -0.39 is 29.1 Å². The van der Waals surface area contributed by atoms with Crippen molar-refractivity contribution in [1.29, 1.82) is 0 Å². The molecule has 4 N–H and O–H groups in total. The van der Waals surface area contributed by atoms with Crippen LogP contribution in [0.3, 0.4) is 0 Å². The van der Waals surface area contributed by atoms with Crippen molar-refractivity contribution in [3.05, 3.63) is 16.1 Å². The Bertz CT molecular complexity index is 852. The van der Waals surface area contributed by atoms with Crippen molar-refractivity contribution in [2.24, 2.45) is 23.2 Å². The van der Waals surface area contributed by atoms with Crippen LogP contribution in [0.5, 0.6) is 0 Å². The minimum absolute atomic E-state index is 0.0807. The fraction of sp³-hybridized carbons (Fsp3) is 0.815. The first-order chi connectivity index (χ1) is 16.1. The summed E-state index contributed by atoms with van der Waals surface area (Å²) in [5.41, 5.74) is -1.08. The number of aliphatic hydroxyl groups excluding tert-OH is 2. The molecule has 2 heterocycles. The summed E-state index contributed by atoms with van der Waals surface area (Å²) in [6.45, 7) is 12.8. The number of thiazole rings is 1. The number of aryl methyl sites for hydroxylation is 1. The fourth-order valence-electron chi connectivity index (χ4n) is 5.14. The Labute approximate surface area is 214 Å². The van der Waals surface area contributed by atoms with Crippen molar-refractivity contribution >= 4 is 23.0 Å². The highest BCUT2D eigenvalue weighted by Crippen LogP contribution is 2.33. The van der Waals surface area contributed by atoms with Gasteiger partial charge < -0.3 is 20.6 Å². The maximum absolute atomic E-state index is 13.2. The van der Waals surface area contributed by atoms with E-state index in [1.54, 1.807) is 32.1 Å². The van der Waals surface area contributed by atoms with Crippen LogP contribution in [0.1, 0.15) is 90.8 Å². The second-order valence-corrected chi connectivity index (χ2v) is 12.8. The quantitative estimate of drug-likeness (QED) is 0.491. The number of carbonyl (C=O) groups excluding carboxylic acids is 2. The van der Waals surface area contributed by atoms with Crippen LogP contribution in [0.25, 0.3) is 0 Å². The van der Waals surface area contributed by atoms with Gasteiger partial charge >= 0.3 is 0 Å². The predicted octanol–water partition coefficient (Wildman–Crippen LogP) is 3.81. The van der Waals surface area contributed by atoms with Crippen molar-refractivity contribution in [2.75, 3.05) is 0 Å². The summed E-state index contributed by atoms with van der Waals surface area (Å²) in [7, 11) is 0. The minimum Gasteiger partial charge on any atom is -0.392 e. The summed E-state index contributed by atoms with van der Waals surface area (Å²) >= 11 is 1.60. The SMILES string of the molecule is Cc1nc(CC(C)[C@@H]2CC[C@](C)(O)CCC[C@H](C)[C@H](O)[C@@H](C)C(=O)C(C)(C)[C@@H](O)CC(=O)N2)cs1. The van der Waals surface area contributed by atoms with Gasteiger partial charge in [-0.2, -0.15) is 0 Å². The first-order valence-electron chi connectivity index (χ1n) is 13.0. The average molecular weight is 511 g/mol. The third-order valence-corrected chi connectivity index (χ3v) is 8.78. The zero-order chi connectivity index (χ0) is 26.6. The highest BCUT2D eigenvalue weighted by atomic mass is 32.1. The molecule has 0 bridgehead atoms. The minimum atomic E-state index is -1.17. The number of amides is 1. The lowest BCUT2D eigenvalue weighted by Gasteiger charge is -2.35. The smallest absolute Gasteiger partial charge is 0.222 e. The Morgan fingerprint density at radius 3 is 2.43 bits per heavy atom. The van der Waals surface area contributed by atoms with Crippen molar-refractivity contribution in [1.82, 2.24) is 10.3 Å². The summed E-state index contributed by atoms with van der Waals surface area (Å²) in [6, 6.07) is -0.199. The molecular formula is C27H46N2O5S. The molecule has 1 amide bonds. The van der Waals surface area contributed by atoms with E-state index in [2.05, 4.69) is 17.2 Å². The molecule has 200 valence electrons. The van der Waals surface area contributed by atoms with Crippen molar-refractivity contribution in [2.45, 2.75) is 117 Å². The van der Waals surface area contributed by atoms with Gasteiger partial charge in [0.1, 0.15) is 5.78 Å². The molecule has 1 aliphatic rings. The summed E-state index contributed by atoms with van der Waals surface area (Å²) in [4.78, 5) is 30.8. The molecule has 0 aromatic carbocycles. The zero-order valence-corrected chi connectivity index (χ0v) is 23.3. The number of rotatable bonds is 3. The predicted molar refractivity (Wildman–Crippen MR) is 139 cm³/mol. The fourth-order valence-corrected chi connectivity index (χ4v) is 5.76. The average Bonchev–Trinajstić information content (AvgIpc) is 3.18. The highest BCUT2D eigenvalue weighted by molar-refractivity contribution is 7.09. The molecule has 1 unspecified atom stereocenters. The van der Waals surface area contributed by atoms with Crippen LogP contribution in [0.4, 0.5) is 0 Å². The van der Waals surface area contributed by atoms with E-state index in [-0.39, 0.29) is 36.0 Å². The van der Waals surface area contributed by atoms with E-state index in [1.807, 2.05) is 26.2 Å². The number of aliphatic hydroxyl groups is 3. The van der Waals surface area contributed by atoms with Gasteiger partial charge in [0.25, 0.3) is 0 Å². The number of Topliss-reactive ketones (excluding diaryl/α,β-unsaturated/α-hetero) is 1. The Balaban J connectivity index is 2.26. The van der Waals surface area contributed by atoms with Gasteiger partial charge in [-0.1, -0.05) is 41.0 Å². The molecule has 35 heavy (non-hydrogen) atoms. The van der Waals surface area contributed by atoms with Crippen LogP contribution >= 0.6 is 11.3 Å². The third kappa shape index (κ3) is 8.34. The number of nitrogens with zero attached hydrogens (tertiary/aromatic N) is 1. The Morgan fingerprint density at radius 2 is 1.83 bits per heavy atom. The Hall–Kier alpha value is -1.35. The molecule has 0 radical (unpaired) electrons. The van der Waals surface area contributed by atoms with Crippen molar-refractivity contribution in [3.8, 4) is 0 Å². The molecule has 0 spiro atoms. The first-order valence-corrected chi connectivity index (χ1v) is 13.8. The summed E-state index contributed by atoms with van der Waals surface area (Å²) in [5, 5.41) is 38.8. The standard InChI is InChI=1S/C27H46N2O5S/c1-16-9-8-11-27(7,34)12-10-21(17(2)13-20-15-35-19(4)28-20)29-23(31)14-22(30)26(5,6)25(33)18(3)24(16)32/h15-18,21-22,24,30,32,34H,8-14H2,1-7H3,(H,29,31)/t16-,17?,18+,21-,22-,24-,27+/m0/s1. The maximum Gasteiger partial charge on any atom is 0.222 e. The van der Waals surface area contributed by atoms with Gasteiger partial charge in [0.05, 0.1) is 40.3 Å². The topological polar surface area (TPSA) is 120 Å². The van der Waals surface area contributed by atoms with Gasteiger partial charge in [0.2, 0.25) is 5.91 Å². The molecule has 0 aliphatic carbocycles. The molecular weight excluding hydrogens is 464 g/mol. The van der Waals surface area contributed by atoms with Gasteiger partial charge in [-0.15, -0.1) is 11.3 Å². The molecule has 1 fully saturated rings. The monoisotopic (exact) mass is 510 g/mol. The largest absolute Gasteiger partial charge is 0.392 e. The van der Waals surface area contributed by atoms with Crippen LogP contribution in [0.2, 0.25) is 0 Å². The second kappa shape index (κ2) is 12.3. The third-order valence-electron chi connectivity index (χ3n) is 7.96. The van der Waals surface area contributed by atoms with Crippen LogP contribution < -0.4 is 5.32 Å². The Morgan fingerprint density at radius 1 is 1.17 bits per heavy atom. The zero-order valence-electron chi connectivity index (χ0n) is 22.5. The van der Waals surface area contributed by atoms with Crippen molar-refractivity contribution < 1.29 is 24.9 Å². The molecule has 1 saturated heterocycles. The van der Waals surface area contributed by atoms with Gasteiger partial charge in [-0.3, -0.25) is 9.59 Å². The summed E-state index contributed by atoms with van der Waals surface area (Å²) < 4.78 is 0. The summed E-state index contributed by atoms with van der Waals surface area (Å²) in [6.07, 6.45) is 1.60. The molecule has 1 aromatic rings. The van der Waals surface area contributed by atoms with Gasteiger partial charge in [0, 0.05) is 17.3 Å². The Kier molecular flexibility index (Phi) is 10.5. The summed E-state index contributed by atoms with van der Waals surface area (Å²) in [5.74, 6) is -1.28. The number of carbonyl (C=O) groups is 2. The van der Waals surface area contributed by atoms with Gasteiger partial charge in [-0.25, -0.2) is 4.98 Å². The lowest BCUT2D eigenvalue weighted by atomic mass is 9.72. The van der Waals surface area contributed by atoms with Gasteiger partial charge in [-0.05, 0) is 57.8 Å². The lowest BCUT2D eigenvalue weighted by molar-refractivity contribution is -0.143. The van der Waals surface area contributed by atoms with Crippen LogP contribution in [-0.2, 0) is 16.0 Å². The normalized spacial score (nSPS) is 34.9. The van der Waals surface area contributed by atoms with E-state index in [1.165, 1.54) is 0 Å². The molecule has 7 atom stereocenters. The van der Waals surface area contributed by atoms with E-state index in [0.29, 0.717) is 32.1 Å². The number of hydrogen-bond donors (Lipinski definition) is 4. The number of nitrogens with one attached hydrogen (secondary N) is 1. The molecule has 8 heteroatoms. The van der Waals surface area contributed by atoms with E-state index in [9.17, 15) is 24.9 Å². The van der Waals surface area contributed by atoms with Crippen molar-refractivity contribution in [3.63, 3.8) is 0 Å². The van der Waals surface area contributed by atoms with Crippen LogP contribution in [0, 0.1) is 30.1 Å². The number of aromatic nitrogens is 1. The molecule has 1 aliphatic heterocycles. The lowest BCUT2D eigenvalue weighted by Crippen LogP contribution is -2.48. The number of hydrogen-bond acceptors (Lipinski definition) is 7. The maximum atomic E-state index is 13.2. The number of ketones is 1. The van der Waals surface area contributed by atoms with E-state index >= 15 is 0 Å². The van der Waals surface area contributed by atoms with Crippen LogP contribution in [0.15, 0.2) is 5.38 Å². The van der Waals surface area contributed by atoms with E-state index in [4.69, 9.17) is 0 Å².